The normalized spacial score (nSPS) is 14.6. The van der Waals surface area contributed by atoms with Crippen LogP contribution in [-0.2, 0) is 16.3 Å². The fraction of sp³-hybridized carbons (Fsp3) is 0.500. The highest BCUT2D eigenvalue weighted by atomic mass is 35.5. The van der Waals surface area contributed by atoms with Gasteiger partial charge in [0.15, 0.2) is 9.84 Å². The van der Waals surface area contributed by atoms with Crippen LogP contribution in [0.4, 0.5) is 8.78 Å². The van der Waals surface area contributed by atoms with Gasteiger partial charge in [0.25, 0.3) is 0 Å². The summed E-state index contributed by atoms with van der Waals surface area (Å²) in [4.78, 5) is 0. The Labute approximate surface area is 111 Å². The molecule has 102 valence electrons. The van der Waals surface area contributed by atoms with E-state index >= 15 is 0 Å². The van der Waals surface area contributed by atoms with E-state index in [0.29, 0.717) is 0 Å². The smallest absolute Gasteiger partial charge is 0.154 e. The average Bonchev–Trinajstić information content (AvgIpc) is 2.21. The van der Waals surface area contributed by atoms with E-state index in [-0.39, 0.29) is 12.0 Å². The monoisotopic (exact) mass is 296 g/mol. The van der Waals surface area contributed by atoms with E-state index in [0.717, 1.165) is 18.4 Å². The van der Waals surface area contributed by atoms with E-state index in [1.54, 1.807) is 0 Å². The van der Waals surface area contributed by atoms with Crippen LogP contribution in [0, 0.1) is 11.6 Å². The number of halogens is 3. The summed E-state index contributed by atoms with van der Waals surface area (Å²) in [6.07, 6.45) is 0.875. The predicted molar refractivity (Wildman–Crippen MR) is 68.6 cm³/mol. The zero-order valence-corrected chi connectivity index (χ0v) is 11.9. The summed E-state index contributed by atoms with van der Waals surface area (Å²) in [7, 11) is -3.42. The second-order valence-electron chi connectivity index (χ2n) is 4.75. The maximum absolute atomic E-state index is 13.4. The van der Waals surface area contributed by atoms with E-state index in [9.17, 15) is 17.2 Å². The Hall–Kier alpha value is -0.680. The van der Waals surface area contributed by atoms with Crippen LogP contribution >= 0.6 is 11.6 Å². The summed E-state index contributed by atoms with van der Waals surface area (Å²) >= 11 is 6.02. The Morgan fingerprint density at radius 2 is 1.72 bits per heavy atom. The number of benzene rings is 1. The van der Waals surface area contributed by atoms with Gasteiger partial charge >= 0.3 is 0 Å². The zero-order valence-electron chi connectivity index (χ0n) is 10.4. The molecule has 0 saturated carbocycles. The van der Waals surface area contributed by atoms with Gasteiger partial charge in [0.1, 0.15) is 11.6 Å². The molecule has 1 aromatic carbocycles. The van der Waals surface area contributed by atoms with Crippen molar-refractivity contribution in [3.8, 4) is 0 Å². The molecule has 1 unspecified atom stereocenters. The van der Waals surface area contributed by atoms with Crippen LogP contribution < -0.4 is 0 Å². The molecule has 18 heavy (non-hydrogen) atoms. The topological polar surface area (TPSA) is 34.1 Å². The van der Waals surface area contributed by atoms with Crippen molar-refractivity contribution in [2.24, 2.45) is 0 Å². The first kappa shape index (κ1) is 15.4. The second kappa shape index (κ2) is 5.13. The molecule has 0 radical (unpaired) electrons. The van der Waals surface area contributed by atoms with Gasteiger partial charge in [-0.1, -0.05) is 6.07 Å². The molecule has 0 bridgehead atoms. The summed E-state index contributed by atoms with van der Waals surface area (Å²) in [5, 5.41) is -0.918. The molecule has 1 atom stereocenters. The van der Waals surface area contributed by atoms with Gasteiger partial charge in [-0.15, -0.1) is 11.6 Å². The van der Waals surface area contributed by atoms with E-state index < -0.39 is 31.6 Å². The van der Waals surface area contributed by atoms with Gasteiger partial charge in [0, 0.05) is 11.8 Å². The number of hydrogen-bond donors (Lipinski definition) is 0. The summed E-state index contributed by atoms with van der Waals surface area (Å²) < 4.78 is 48.8. The molecule has 0 heterocycles. The molecule has 0 aliphatic heterocycles. The van der Waals surface area contributed by atoms with Crippen LogP contribution in [0.15, 0.2) is 18.2 Å². The molecular weight excluding hydrogens is 282 g/mol. The molecule has 0 aromatic heterocycles. The van der Waals surface area contributed by atoms with Crippen molar-refractivity contribution in [2.45, 2.75) is 30.4 Å². The second-order valence-corrected chi connectivity index (χ2v) is 7.87. The minimum Gasteiger partial charge on any atom is -0.229 e. The van der Waals surface area contributed by atoms with Crippen LogP contribution in [0.3, 0.4) is 0 Å². The molecule has 0 N–H and O–H groups in total. The molecule has 0 aliphatic rings. The summed E-state index contributed by atoms with van der Waals surface area (Å²) in [5.41, 5.74) is -0.186. The summed E-state index contributed by atoms with van der Waals surface area (Å²) in [6.45, 7) is 2.89. The van der Waals surface area contributed by atoms with Crippen molar-refractivity contribution in [2.75, 3.05) is 6.26 Å². The predicted octanol–water partition coefficient (Wildman–Crippen LogP) is 2.94. The molecule has 0 aliphatic carbocycles. The molecule has 0 fully saturated rings. The maximum Gasteiger partial charge on any atom is 0.154 e. The molecule has 0 spiro atoms. The van der Waals surface area contributed by atoms with E-state index in [1.807, 2.05) is 0 Å². The number of hydrogen-bond acceptors (Lipinski definition) is 2. The largest absolute Gasteiger partial charge is 0.229 e. The van der Waals surface area contributed by atoms with Crippen molar-refractivity contribution >= 4 is 21.4 Å². The Balaban J connectivity index is 3.06. The highest BCUT2D eigenvalue weighted by molar-refractivity contribution is 7.92. The Morgan fingerprint density at radius 1 is 1.28 bits per heavy atom. The molecule has 0 saturated heterocycles. The molecular formula is C12H15ClF2O2S. The SMILES string of the molecule is CC(C)(C(Cl)Cc1c(F)cccc1F)S(C)(=O)=O. The van der Waals surface area contributed by atoms with Crippen molar-refractivity contribution < 1.29 is 17.2 Å². The van der Waals surface area contributed by atoms with E-state index in [1.165, 1.54) is 19.9 Å². The third-order valence-electron chi connectivity index (χ3n) is 3.16. The molecule has 6 heteroatoms. The third kappa shape index (κ3) is 3.01. The Bertz CT molecular complexity index is 521. The lowest BCUT2D eigenvalue weighted by Gasteiger charge is -2.28. The Morgan fingerprint density at radius 3 is 2.11 bits per heavy atom. The fourth-order valence-corrected chi connectivity index (χ4v) is 2.57. The lowest BCUT2D eigenvalue weighted by molar-refractivity contribution is 0.513. The minimum atomic E-state index is -3.42. The molecule has 0 amide bonds. The van der Waals surface area contributed by atoms with Crippen molar-refractivity contribution in [3.05, 3.63) is 35.4 Å². The van der Waals surface area contributed by atoms with Crippen molar-refractivity contribution in [1.82, 2.24) is 0 Å². The highest BCUT2D eigenvalue weighted by Crippen LogP contribution is 2.29. The summed E-state index contributed by atoms with van der Waals surface area (Å²) in [6, 6.07) is 3.49. The molecule has 2 nitrogen and oxygen atoms in total. The molecule has 1 aromatic rings. The molecule has 1 rings (SSSR count). The lowest BCUT2D eigenvalue weighted by Crippen LogP contribution is -2.41. The number of alkyl halides is 1. The zero-order chi connectivity index (χ0) is 14.1. The van der Waals surface area contributed by atoms with Gasteiger partial charge < -0.3 is 0 Å². The van der Waals surface area contributed by atoms with Crippen molar-refractivity contribution in [3.63, 3.8) is 0 Å². The first-order valence-electron chi connectivity index (χ1n) is 5.34. The van der Waals surface area contributed by atoms with Crippen LogP contribution in [0.5, 0.6) is 0 Å². The van der Waals surface area contributed by atoms with Crippen LogP contribution in [0.25, 0.3) is 0 Å². The highest BCUT2D eigenvalue weighted by Gasteiger charge is 2.38. The minimum absolute atomic E-state index is 0.180. The third-order valence-corrected chi connectivity index (χ3v) is 6.18. The van der Waals surface area contributed by atoms with Crippen LogP contribution in [-0.4, -0.2) is 24.8 Å². The summed E-state index contributed by atoms with van der Waals surface area (Å²) in [5.74, 6) is -1.44. The van der Waals surface area contributed by atoms with Crippen LogP contribution in [0.2, 0.25) is 0 Å². The number of sulfone groups is 1. The van der Waals surface area contributed by atoms with Gasteiger partial charge in [-0.2, -0.15) is 0 Å². The van der Waals surface area contributed by atoms with Gasteiger partial charge in [-0.05, 0) is 32.4 Å². The van der Waals surface area contributed by atoms with Crippen LogP contribution in [0.1, 0.15) is 19.4 Å². The average molecular weight is 297 g/mol. The fourth-order valence-electron chi connectivity index (χ4n) is 1.38. The first-order valence-corrected chi connectivity index (χ1v) is 7.66. The standard InChI is InChI=1S/C12H15ClF2O2S/c1-12(2,18(3,16)17)11(13)7-8-9(14)5-4-6-10(8)15/h4-6,11H,7H2,1-3H3. The van der Waals surface area contributed by atoms with Crippen molar-refractivity contribution in [1.29, 1.82) is 0 Å². The van der Waals surface area contributed by atoms with E-state index in [4.69, 9.17) is 11.6 Å². The first-order chi connectivity index (χ1) is 8.07. The number of rotatable bonds is 4. The quantitative estimate of drug-likeness (QED) is 0.801. The van der Waals surface area contributed by atoms with E-state index in [2.05, 4.69) is 0 Å². The lowest BCUT2D eigenvalue weighted by atomic mass is 10.0. The van der Waals surface area contributed by atoms with Gasteiger partial charge in [0.05, 0.1) is 10.1 Å². The van der Waals surface area contributed by atoms with Gasteiger partial charge in [-0.25, -0.2) is 17.2 Å². The van der Waals surface area contributed by atoms with Gasteiger partial charge in [0.2, 0.25) is 0 Å². The van der Waals surface area contributed by atoms with Gasteiger partial charge in [-0.3, -0.25) is 0 Å². The Kier molecular flexibility index (Phi) is 4.38. The maximum atomic E-state index is 13.4.